The van der Waals surface area contributed by atoms with Crippen molar-refractivity contribution < 1.29 is 0 Å². The summed E-state index contributed by atoms with van der Waals surface area (Å²) in [7, 11) is 0. The third kappa shape index (κ3) is 1.89. The van der Waals surface area contributed by atoms with Crippen molar-refractivity contribution >= 4 is 33.6 Å². The Kier molecular flexibility index (Phi) is 3.24. The summed E-state index contributed by atoms with van der Waals surface area (Å²) in [5.74, 6) is 0. The Hall–Kier alpha value is -2.20. The third-order valence-electron chi connectivity index (χ3n) is 3.00. The van der Waals surface area contributed by atoms with Gasteiger partial charge in [0.1, 0.15) is 17.3 Å². The van der Waals surface area contributed by atoms with Crippen molar-refractivity contribution in [2.24, 2.45) is 0 Å². The van der Waals surface area contributed by atoms with E-state index in [0.29, 0.717) is 14.9 Å². The second kappa shape index (κ2) is 5.06. The van der Waals surface area contributed by atoms with Crippen molar-refractivity contribution in [3.63, 3.8) is 0 Å². The van der Waals surface area contributed by atoms with Crippen molar-refractivity contribution in [3.05, 3.63) is 68.1 Å². The largest absolute Gasteiger partial charge is 0.275 e. The molecule has 3 rings (SSSR count). The van der Waals surface area contributed by atoms with Crippen LogP contribution in [0.25, 0.3) is 16.7 Å². The molecular formula is C15H8IN3O. The lowest BCUT2D eigenvalue weighted by atomic mass is 10.2. The number of fused-ring (bicyclic) bond motifs is 1. The topological polar surface area (TPSA) is 58.7 Å². The molecule has 0 aliphatic carbocycles. The number of halogens is 1. The first kappa shape index (κ1) is 12.8. The van der Waals surface area contributed by atoms with Crippen LogP contribution in [-0.4, -0.2) is 9.55 Å². The normalized spacial score (nSPS) is 10.4. The fourth-order valence-corrected chi connectivity index (χ4v) is 2.87. The second-order valence-electron chi connectivity index (χ2n) is 4.15. The van der Waals surface area contributed by atoms with Crippen LogP contribution in [0.15, 0.2) is 53.5 Å². The Morgan fingerprint density at radius 1 is 1.15 bits per heavy atom. The highest BCUT2D eigenvalue weighted by Gasteiger charge is 2.16. The minimum atomic E-state index is -0.339. The van der Waals surface area contributed by atoms with Crippen LogP contribution in [0.5, 0.6) is 0 Å². The summed E-state index contributed by atoms with van der Waals surface area (Å²) in [6.45, 7) is 0. The van der Waals surface area contributed by atoms with Gasteiger partial charge in [0, 0.05) is 15.2 Å². The van der Waals surface area contributed by atoms with Crippen molar-refractivity contribution in [1.82, 2.24) is 9.55 Å². The number of nitrogens with zero attached hydrogens (tertiary/aromatic N) is 3. The molecule has 0 amide bonds. The molecule has 0 radical (unpaired) electrons. The molecular weight excluding hydrogens is 365 g/mol. The summed E-state index contributed by atoms with van der Waals surface area (Å²) in [6.07, 6.45) is 1.64. The van der Waals surface area contributed by atoms with Gasteiger partial charge in [-0.1, -0.05) is 18.2 Å². The maximum atomic E-state index is 12.5. The third-order valence-corrected chi connectivity index (χ3v) is 4.12. The SMILES string of the molecule is N#Cc1c(I)c2cccnc2n(-c2ccccc2)c1=O. The van der Waals surface area contributed by atoms with Crippen molar-refractivity contribution in [1.29, 1.82) is 5.26 Å². The Morgan fingerprint density at radius 2 is 1.90 bits per heavy atom. The lowest BCUT2D eigenvalue weighted by Gasteiger charge is -2.11. The van der Waals surface area contributed by atoms with E-state index in [0.717, 1.165) is 5.39 Å². The molecule has 4 nitrogen and oxygen atoms in total. The zero-order valence-corrected chi connectivity index (χ0v) is 12.4. The molecule has 0 aliphatic heterocycles. The highest BCUT2D eigenvalue weighted by Crippen LogP contribution is 2.22. The molecule has 2 heterocycles. The van der Waals surface area contributed by atoms with Gasteiger partial charge < -0.3 is 0 Å². The van der Waals surface area contributed by atoms with E-state index in [9.17, 15) is 10.1 Å². The molecule has 0 saturated carbocycles. The molecule has 0 unspecified atom stereocenters. The van der Waals surface area contributed by atoms with Gasteiger partial charge in [-0.2, -0.15) is 5.26 Å². The van der Waals surface area contributed by atoms with Crippen LogP contribution >= 0.6 is 22.6 Å². The Balaban J connectivity index is 2.55. The van der Waals surface area contributed by atoms with E-state index in [1.807, 2.05) is 65.1 Å². The van der Waals surface area contributed by atoms with Crippen LogP contribution in [0.4, 0.5) is 0 Å². The monoisotopic (exact) mass is 373 g/mol. The van der Waals surface area contributed by atoms with Gasteiger partial charge in [0.05, 0.1) is 5.69 Å². The summed E-state index contributed by atoms with van der Waals surface area (Å²) in [6, 6.07) is 14.9. The maximum absolute atomic E-state index is 12.5. The molecule has 96 valence electrons. The number of pyridine rings is 2. The van der Waals surface area contributed by atoms with Gasteiger partial charge in [0.25, 0.3) is 5.56 Å². The first-order valence-electron chi connectivity index (χ1n) is 5.89. The lowest BCUT2D eigenvalue weighted by molar-refractivity contribution is 1.00. The van der Waals surface area contributed by atoms with Gasteiger partial charge >= 0.3 is 0 Å². The van der Waals surface area contributed by atoms with Crippen molar-refractivity contribution in [3.8, 4) is 11.8 Å². The molecule has 20 heavy (non-hydrogen) atoms. The average Bonchev–Trinajstić information content (AvgIpc) is 2.49. The predicted molar refractivity (Wildman–Crippen MR) is 84.8 cm³/mol. The summed E-state index contributed by atoms with van der Waals surface area (Å²) in [5.41, 5.74) is 1.07. The number of nitriles is 1. The first-order chi connectivity index (χ1) is 9.74. The van der Waals surface area contributed by atoms with E-state index in [2.05, 4.69) is 4.98 Å². The van der Waals surface area contributed by atoms with Crippen LogP contribution < -0.4 is 5.56 Å². The minimum Gasteiger partial charge on any atom is -0.267 e. The molecule has 0 spiro atoms. The molecule has 0 bridgehead atoms. The van der Waals surface area contributed by atoms with E-state index >= 15 is 0 Å². The van der Waals surface area contributed by atoms with E-state index in [4.69, 9.17) is 0 Å². The number of benzene rings is 1. The minimum absolute atomic E-state index is 0.148. The molecule has 1 aromatic carbocycles. The zero-order chi connectivity index (χ0) is 14.1. The fourth-order valence-electron chi connectivity index (χ4n) is 2.10. The summed E-state index contributed by atoms with van der Waals surface area (Å²) < 4.78 is 2.13. The van der Waals surface area contributed by atoms with Gasteiger partial charge in [0.2, 0.25) is 0 Å². The fraction of sp³-hybridized carbons (Fsp3) is 0. The molecule has 5 heteroatoms. The molecule has 0 aliphatic rings. The summed E-state index contributed by atoms with van der Waals surface area (Å²) in [4.78, 5) is 16.8. The standard InChI is InChI=1S/C15H8IN3O/c16-13-11-7-4-8-18-14(11)19(15(20)12(13)9-17)10-5-2-1-3-6-10/h1-8H. The Morgan fingerprint density at radius 3 is 2.60 bits per heavy atom. The van der Waals surface area contributed by atoms with Crippen LogP contribution in [-0.2, 0) is 0 Å². The molecule has 0 fully saturated rings. The van der Waals surface area contributed by atoms with Crippen LogP contribution in [0.1, 0.15) is 5.56 Å². The molecule has 0 saturated heterocycles. The van der Waals surface area contributed by atoms with Gasteiger partial charge in [0.15, 0.2) is 0 Å². The molecule has 0 N–H and O–H groups in total. The average molecular weight is 373 g/mol. The van der Waals surface area contributed by atoms with Crippen molar-refractivity contribution in [2.75, 3.05) is 0 Å². The molecule has 2 aromatic heterocycles. The van der Waals surface area contributed by atoms with Gasteiger partial charge in [-0.05, 0) is 46.9 Å². The first-order valence-corrected chi connectivity index (χ1v) is 6.96. The van der Waals surface area contributed by atoms with E-state index in [1.54, 1.807) is 12.3 Å². The van der Waals surface area contributed by atoms with Gasteiger partial charge in [-0.25, -0.2) is 4.98 Å². The number of hydrogen-bond donors (Lipinski definition) is 0. The second-order valence-corrected chi connectivity index (χ2v) is 5.23. The van der Waals surface area contributed by atoms with Gasteiger partial charge in [-0.3, -0.25) is 9.36 Å². The van der Waals surface area contributed by atoms with E-state index < -0.39 is 0 Å². The number of para-hydroxylation sites is 1. The number of aromatic nitrogens is 2. The van der Waals surface area contributed by atoms with E-state index in [-0.39, 0.29) is 11.1 Å². The van der Waals surface area contributed by atoms with Crippen molar-refractivity contribution in [2.45, 2.75) is 0 Å². The van der Waals surface area contributed by atoms with Crippen LogP contribution in [0, 0.1) is 14.9 Å². The predicted octanol–water partition coefficient (Wildman–Crippen LogP) is 2.86. The Bertz CT molecular complexity index is 895. The maximum Gasteiger partial charge on any atom is 0.275 e. The highest BCUT2D eigenvalue weighted by atomic mass is 127. The number of hydrogen-bond acceptors (Lipinski definition) is 3. The van der Waals surface area contributed by atoms with Crippen LogP contribution in [0.2, 0.25) is 0 Å². The smallest absolute Gasteiger partial charge is 0.267 e. The van der Waals surface area contributed by atoms with Gasteiger partial charge in [-0.15, -0.1) is 0 Å². The Labute approximate surface area is 128 Å². The highest BCUT2D eigenvalue weighted by molar-refractivity contribution is 14.1. The quantitative estimate of drug-likeness (QED) is 0.617. The lowest BCUT2D eigenvalue weighted by Crippen LogP contribution is -2.23. The summed E-state index contributed by atoms with van der Waals surface area (Å²) >= 11 is 2.02. The van der Waals surface area contributed by atoms with E-state index in [1.165, 1.54) is 4.57 Å². The molecule has 0 atom stereocenters. The van der Waals surface area contributed by atoms with Crippen LogP contribution in [0.3, 0.4) is 0 Å². The number of rotatable bonds is 1. The molecule has 3 aromatic rings. The summed E-state index contributed by atoms with van der Waals surface area (Å²) in [5, 5.41) is 10.0. The zero-order valence-electron chi connectivity index (χ0n) is 10.2.